The van der Waals surface area contributed by atoms with Crippen molar-refractivity contribution in [1.82, 2.24) is 0 Å². The van der Waals surface area contributed by atoms with Crippen LogP contribution >= 0.6 is 11.8 Å². The van der Waals surface area contributed by atoms with E-state index >= 15 is 0 Å². The summed E-state index contributed by atoms with van der Waals surface area (Å²) in [5, 5.41) is 19.7. The first-order valence-electron chi connectivity index (χ1n) is 5.58. The van der Waals surface area contributed by atoms with E-state index in [4.69, 9.17) is 5.26 Å². The molecular weight excluding hydrogens is 260 g/mol. The third kappa shape index (κ3) is 3.12. The average Bonchev–Trinajstić information content (AvgIpc) is 2.42. The molecule has 0 amide bonds. The van der Waals surface area contributed by atoms with Gasteiger partial charge in [-0.3, -0.25) is 10.1 Å². The van der Waals surface area contributed by atoms with Crippen LogP contribution in [-0.4, -0.2) is 4.92 Å². The molecule has 0 spiro atoms. The maximum atomic E-state index is 11.0. The van der Waals surface area contributed by atoms with Gasteiger partial charge in [-0.15, -0.1) is 0 Å². The van der Waals surface area contributed by atoms with Crippen molar-refractivity contribution in [2.75, 3.05) is 0 Å². The minimum atomic E-state index is -0.394. The summed E-state index contributed by atoms with van der Waals surface area (Å²) in [7, 11) is 0. The highest BCUT2D eigenvalue weighted by Crippen LogP contribution is 2.36. The van der Waals surface area contributed by atoms with Gasteiger partial charge in [-0.2, -0.15) is 5.26 Å². The van der Waals surface area contributed by atoms with Gasteiger partial charge < -0.3 is 0 Å². The minimum Gasteiger partial charge on any atom is -0.258 e. The molecule has 2 aromatic carbocycles. The number of nitriles is 1. The number of benzene rings is 2. The fourth-order valence-corrected chi connectivity index (χ4v) is 2.70. The molecule has 0 aliphatic heterocycles. The van der Waals surface area contributed by atoms with Crippen molar-refractivity contribution >= 4 is 17.4 Å². The highest BCUT2D eigenvalue weighted by atomic mass is 32.2. The van der Waals surface area contributed by atoms with Crippen LogP contribution in [0.1, 0.15) is 5.56 Å². The SMILES string of the molecule is N#CCc1ccccc1Sc1ccccc1[N+](=O)[O-]. The first-order chi connectivity index (χ1) is 9.22. The van der Waals surface area contributed by atoms with Gasteiger partial charge in [0.05, 0.1) is 22.3 Å². The van der Waals surface area contributed by atoms with Crippen molar-refractivity contribution < 1.29 is 4.92 Å². The van der Waals surface area contributed by atoms with Crippen molar-refractivity contribution in [3.63, 3.8) is 0 Å². The molecular formula is C14H10N2O2S. The zero-order valence-electron chi connectivity index (χ0n) is 9.95. The van der Waals surface area contributed by atoms with Crippen LogP contribution in [0, 0.1) is 21.4 Å². The number of nitrogens with zero attached hydrogens (tertiary/aromatic N) is 2. The number of nitro groups is 1. The second-order valence-corrected chi connectivity index (χ2v) is 4.85. The van der Waals surface area contributed by atoms with Crippen molar-refractivity contribution in [3.05, 3.63) is 64.2 Å². The maximum absolute atomic E-state index is 11.0. The molecule has 0 aliphatic rings. The van der Waals surface area contributed by atoms with Crippen molar-refractivity contribution in [1.29, 1.82) is 5.26 Å². The summed E-state index contributed by atoms with van der Waals surface area (Å²) in [5.41, 5.74) is 0.965. The van der Waals surface area contributed by atoms with Crippen LogP contribution in [0.3, 0.4) is 0 Å². The average molecular weight is 270 g/mol. The molecule has 0 saturated heterocycles. The van der Waals surface area contributed by atoms with E-state index in [2.05, 4.69) is 6.07 Å². The third-order valence-electron chi connectivity index (χ3n) is 2.52. The van der Waals surface area contributed by atoms with Crippen LogP contribution in [0.25, 0.3) is 0 Å². The van der Waals surface area contributed by atoms with E-state index in [1.54, 1.807) is 18.2 Å². The van der Waals surface area contributed by atoms with Gasteiger partial charge in [-0.05, 0) is 17.7 Å². The summed E-state index contributed by atoms with van der Waals surface area (Å²) < 4.78 is 0. The molecule has 0 fully saturated rings. The van der Waals surface area contributed by atoms with Crippen molar-refractivity contribution in [2.45, 2.75) is 16.2 Å². The smallest absolute Gasteiger partial charge is 0.258 e. The Kier molecular flexibility index (Phi) is 4.16. The molecule has 0 aromatic heterocycles. The molecule has 4 nitrogen and oxygen atoms in total. The Morgan fingerprint density at radius 2 is 1.74 bits per heavy atom. The van der Waals surface area contributed by atoms with Crippen LogP contribution < -0.4 is 0 Å². The molecule has 0 saturated carbocycles. The highest BCUT2D eigenvalue weighted by molar-refractivity contribution is 7.99. The molecule has 0 radical (unpaired) electrons. The maximum Gasteiger partial charge on any atom is 0.283 e. The van der Waals surface area contributed by atoms with Crippen LogP contribution in [0.15, 0.2) is 58.3 Å². The zero-order chi connectivity index (χ0) is 13.7. The van der Waals surface area contributed by atoms with Crippen molar-refractivity contribution in [2.24, 2.45) is 0 Å². The molecule has 2 aromatic rings. The fourth-order valence-electron chi connectivity index (χ4n) is 1.65. The van der Waals surface area contributed by atoms with E-state index in [9.17, 15) is 10.1 Å². The highest BCUT2D eigenvalue weighted by Gasteiger charge is 2.14. The van der Waals surface area contributed by atoms with Gasteiger partial charge >= 0.3 is 0 Å². The summed E-state index contributed by atoms with van der Waals surface area (Å²) in [4.78, 5) is 12.0. The van der Waals surface area contributed by atoms with Gasteiger partial charge in [0, 0.05) is 11.0 Å². The lowest BCUT2D eigenvalue weighted by molar-refractivity contribution is -0.387. The normalized spacial score (nSPS) is 9.84. The van der Waals surface area contributed by atoms with E-state index in [0.717, 1.165) is 10.5 Å². The zero-order valence-corrected chi connectivity index (χ0v) is 10.8. The molecule has 0 atom stereocenters. The third-order valence-corrected chi connectivity index (χ3v) is 3.71. The summed E-state index contributed by atoms with van der Waals surface area (Å²) in [6.07, 6.45) is 0.295. The number of hydrogen-bond donors (Lipinski definition) is 0. The van der Waals surface area contributed by atoms with Gasteiger partial charge in [0.1, 0.15) is 0 Å². The molecule has 0 unspecified atom stereocenters. The largest absolute Gasteiger partial charge is 0.283 e. The summed E-state index contributed by atoms with van der Waals surface area (Å²) in [5.74, 6) is 0. The quantitative estimate of drug-likeness (QED) is 0.625. The number of nitro benzene ring substituents is 1. The van der Waals surface area contributed by atoms with Gasteiger partial charge in [-0.25, -0.2) is 0 Å². The molecule has 0 aliphatic carbocycles. The molecule has 94 valence electrons. The van der Waals surface area contributed by atoms with Crippen LogP contribution in [0.4, 0.5) is 5.69 Å². The summed E-state index contributed by atoms with van der Waals surface area (Å²) in [6, 6.07) is 16.2. The van der Waals surface area contributed by atoms with Crippen molar-refractivity contribution in [3.8, 4) is 6.07 Å². The predicted molar refractivity (Wildman–Crippen MR) is 73.0 cm³/mol. The Morgan fingerprint density at radius 1 is 1.11 bits per heavy atom. The lowest BCUT2D eigenvalue weighted by atomic mass is 10.2. The predicted octanol–water partition coefficient (Wildman–Crippen LogP) is 3.81. The van der Waals surface area contributed by atoms with Crippen LogP contribution in [-0.2, 0) is 6.42 Å². The van der Waals surface area contributed by atoms with Crippen LogP contribution in [0.2, 0.25) is 0 Å². The fraction of sp³-hybridized carbons (Fsp3) is 0.0714. The van der Waals surface area contributed by atoms with E-state index in [1.165, 1.54) is 17.8 Å². The summed E-state index contributed by atoms with van der Waals surface area (Å²) >= 11 is 1.32. The lowest BCUT2D eigenvalue weighted by Crippen LogP contribution is -1.91. The first-order valence-corrected chi connectivity index (χ1v) is 6.40. The standard InChI is InChI=1S/C14H10N2O2S/c15-10-9-11-5-1-3-7-13(11)19-14-8-4-2-6-12(14)16(17)18/h1-8H,9H2. The first kappa shape index (κ1) is 13.1. The van der Waals surface area contributed by atoms with Gasteiger partial charge in [0.15, 0.2) is 0 Å². The van der Waals surface area contributed by atoms with E-state index in [0.29, 0.717) is 11.3 Å². The summed E-state index contributed by atoms with van der Waals surface area (Å²) in [6.45, 7) is 0. The Labute approximate surface area is 114 Å². The van der Waals surface area contributed by atoms with E-state index in [1.807, 2.05) is 24.3 Å². The number of rotatable bonds is 4. The molecule has 0 heterocycles. The Bertz CT molecular complexity index is 650. The minimum absolute atomic E-state index is 0.0826. The molecule has 2 rings (SSSR count). The molecule has 0 N–H and O–H groups in total. The number of hydrogen-bond acceptors (Lipinski definition) is 4. The lowest BCUT2D eigenvalue weighted by Gasteiger charge is -2.06. The Balaban J connectivity index is 2.37. The van der Waals surface area contributed by atoms with Gasteiger partial charge in [0.25, 0.3) is 5.69 Å². The topological polar surface area (TPSA) is 66.9 Å². The van der Waals surface area contributed by atoms with Crippen LogP contribution in [0.5, 0.6) is 0 Å². The number of para-hydroxylation sites is 1. The van der Waals surface area contributed by atoms with E-state index in [-0.39, 0.29) is 5.69 Å². The second kappa shape index (κ2) is 6.03. The Morgan fingerprint density at radius 3 is 2.42 bits per heavy atom. The molecule has 0 bridgehead atoms. The second-order valence-electron chi connectivity index (χ2n) is 3.77. The Hall–Kier alpha value is -2.32. The van der Waals surface area contributed by atoms with Gasteiger partial charge in [-0.1, -0.05) is 42.1 Å². The van der Waals surface area contributed by atoms with Gasteiger partial charge in [0.2, 0.25) is 0 Å². The van der Waals surface area contributed by atoms with E-state index < -0.39 is 4.92 Å². The molecule has 19 heavy (non-hydrogen) atoms. The molecule has 5 heteroatoms. The monoisotopic (exact) mass is 270 g/mol.